The lowest BCUT2D eigenvalue weighted by Crippen LogP contribution is -2.21. The summed E-state index contributed by atoms with van der Waals surface area (Å²) in [5.41, 5.74) is 1.81. The number of hydrogen-bond donors (Lipinski definition) is 1. The lowest BCUT2D eigenvalue weighted by Gasteiger charge is -2.15. The average molecular weight is 247 g/mol. The fourth-order valence-electron chi connectivity index (χ4n) is 1.98. The van der Waals surface area contributed by atoms with E-state index in [1.807, 2.05) is 16.8 Å². The molecule has 0 saturated heterocycles. The maximum atomic E-state index is 13.5. The van der Waals surface area contributed by atoms with Crippen molar-refractivity contribution in [1.29, 1.82) is 0 Å². The Hall–Kier alpha value is -1.68. The first-order chi connectivity index (χ1) is 8.72. The van der Waals surface area contributed by atoms with E-state index in [1.165, 1.54) is 6.07 Å². The van der Waals surface area contributed by atoms with Crippen LogP contribution in [0.5, 0.6) is 0 Å². The summed E-state index contributed by atoms with van der Waals surface area (Å²) in [6.07, 6.45) is 1.79. The third-order valence-corrected chi connectivity index (χ3v) is 3.05. The zero-order valence-electron chi connectivity index (χ0n) is 10.7. The van der Waals surface area contributed by atoms with Crippen LogP contribution >= 0.6 is 0 Å². The molecule has 0 bridgehead atoms. The van der Waals surface area contributed by atoms with Crippen LogP contribution in [0.3, 0.4) is 0 Å². The smallest absolute Gasteiger partial charge is 0.127 e. The summed E-state index contributed by atoms with van der Waals surface area (Å²) in [7, 11) is 0. The second-order valence-electron chi connectivity index (χ2n) is 4.27. The van der Waals surface area contributed by atoms with Crippen LogP contribution < -0.4 is 5.32 Å². The first kappa shape index (κ1) is 12.8. The van der Waals surface area contributed by atoms with Crippen molar-refractivity contribution in [2.24, 2.45) is 0 Å². The molecule has 0 spiro atoms. The zero-order chi connectivity index (χ0) is 13.0. The number of aromatic nitrogens is 2. The van der Waals surface area contributed by atoms with Crippen LogP contribution in [0.2, 0.25) is 0 Å². The second kappa shape index (κ2) is 5.78. The fourth-order valence-corrected chi connectivity index (χ4v) is 1.98. The molecule has 0 saturated carbocycles. The standard InChI is InChI=1S/C14H18FN3/c1-3-18-14(8-9-17-18)11(2)16-10-12-6-4-5-7-13(12)15/h4-9,11,16H,3,10H2,1-2H3. The molecule has 1 atom stereocenters. The number of nitrogens with zero attached hydrogens (tertiary/aromatic N) is 2. The summed E-state index contributed by atoms with van der Waals surface area (Å²) in [6.45, 7) is 5.47. The largest absolute Gasteiger partial charge is 0.305 e. The van der Waals surface area contributed by atoms with Crippen LogP contribution in [0.4, 0.5) is 4.39 Å². The highest BCUT2D eigenvalue weighted by Crippen LogP contribution is 2.13. The van der Waals surface area contributed by atoms with Gasteiger partial charge in [-0.15, -0.1) is 0 Å². The Bertz CT molecular complexity index is 507. The molecule has 1 unspecified atom stereocenters. The molecule has 0 aliphatic carbocycles. The van der Waals surface area contributed by atoms with Gasteiger partial charge in [0.05, 0.1) is 5.69 Å². The van der Waals surface area contributed by atoms with Crippen molar-refractivity contribution in [2.45, 2.75) is 33.0 Å². The van der Waals surface area contributed by atoms with Gasteiger partial charge in [-0.3, -0.25) is 4.68 Å². The molecule has 1 N–H and O–H groups in total. The van der Waals surface area contributed by atoms with E-state index in [4.69, 9.17) is 0 Å². The molecule has 1 aromatic carbocycles. The molecule has 0 fully saturated rings. The highest BCUT2D eigenvalue weighted by atomic mass is 19.1. The summed E-state index contributed by atoms with van der Waals surface area (Å²) in [5.74, 6) is -0.166. The van der Waals surface area contributed by atoms with E-state index in [1.54, 1.807) is 18.3 Å². The molecular weight excluding hydrogens is 229 g/mol. The van der Waals surface area contributed by atoms with Crippen LogP contribution in [0.25, 0.3) is 0 Å². The topological polar surface area (TPSA) is 29.9 Å². The van der Waals surface area contributed by atoms with Crippen LogP contribution in [0.1, 0.15) is 31.1 Å². The zero-order valence-corrected chi connectivity index (χ0v) is 10.7. The first-order valence-electron chi connectivity index (χ1n) is 6.21. The molecule has 18 heavy (non-hydrogen) atoms. The first-order valence-corrected chi connectivity index (χ1v) is 6.21. The quantitative estimate of drug-likeness (QED) is 0.880. The van der Waals surface area contributed by atoms with Gasteiger partial charge in [0.25, 0.3) is 0 Å². The lowest BCUT2D eigenvalue weighted by molar-refractivity contribution is 0.499. The van der Waals surface area contributed by atoms with Crippen molar-refractivity contribution in [1.82, 2.24) is 15.1 Å². The lowest BCUT2D eigenvalue weighted by atomic mass is 10.2. The minimum Gasteiger partial charge on any atom is -0.305 e. The van der Waals surface area contributed by atoms with Crippen molar-refractivity contribution in [3.05, 3.63) is 53.6 Å². The van der Waals surface area contributed by atoms with E-state index in [-0.39, 0.29) is 11.9 Å². The van der Waals surface area contributed by atoms with E-state index in [9.17, 15) is 4.39 Å². The Balaban J connectivity index is 2.01. The Kier molecular flexibility index (Phi) is 4.10. The maximum Gasteiger partial charge on any atom is 0.127 e. The molecule has 1 heterocycles. The van der Waals surface area contributed by atoms with E-state index < -0.39 is 0 Å². The number of hydrogen-bond acceptors (Lipinski definition) is 2. The number of halogens is 1. The average Bonchev–Trinajstić information content (AvgIpc) is 2.86. The highest BCUT2D eigenvalue weighted by Gasteiger charge is 2.10. The van der Waals surface area contributed by atoms with E-state index in [2.05, 4.69) is 24.3 Å². The predicted octanol–water partition coefficient (Wildman–Crippen LogP) is 2.89. The molecule has 2 rings (SSSR count). The van der Waals surface area contributed by atoms with E-state index >= 15 is 0 Å². The fraction of sp³-hybridized carbons (Fsp3) is 0.357. The van der Waals surface area contributed by atoms with Crippen molar-refractivity contribution in [3.8, 4) is 0 Å². The van der Waals surface area contributed by atoms with Crippen molar-refractivity contribution >= 4 is 0 Å². The molecule has 4 heteroatoms. The van der Waals surface area contributed by atoms with E-state index in [0.717, 1.165) is 12.2 Å². The van der Waals surface area contributed by atoms with Gasteiger partial charge in [-0.05, 0) is 26.0 Å². The maximum absolute atomic E-state index is 13.5. The molecule has 1 aromatic heterocycles. The summed E-state index contributed by atoms with van der Waals surface area (Å²) < 4.78 is 15.4. The molecule has 0 amide bonds. The van der Waals surface area contributed by atoms with Gasteiger partial charge in [0.15, 0.2) is 0 Å². The van der Waals surface area contributed by atoms with Gasteiger partial charge in [-0.25, -0.2) is 4.39 Å². The van der Waals surface area contributed by atoms with Gasteiger partial charge in [0.2, 0.25) is 0 Å². The molecule has 0 aliphatic rings. The Morgan fingerprint density at radius 2 is 2.11 bits per heavy atom. The Morgan fingerprint density at radius 3 is 2.83 bits per heavy atom. The van der Waals surface area contributed by atoms with Crippen LogP contribution in [-0.4, -0.2) is 9.78 Å². The summed E-state index contributed by atoms with van der Waals surface area (Å²) in [4.78, 5) is 0. The van der Waals surface area contributed by atoms with Gasteiger partial charge >= 0.3 is 0 Å². The minimum absolute atomic E-state index is 0.145. The predicted molar refractivity (Wildman–Crippen MR) is 69.6 cm³/mol. The van der Waals surface area contributed by atoms with Crippen molar-refractivity contribution in [3.63, 3.8) is 0 Å². The van der Waals surface area contributed by atoms with Gasteiger partial charge < -0.3 is 5.32 Å². The van der Waals surface area contributed by atoms with Gasteiger partial charge in [0, 0.05) is 30.9 Å². The van der Waals surface area contributed by atoms with Crippen molar-refractivity contribution in [2.75, 3.05) is 0 Å². The molecule has 2 aromatic rings. The summed E-state index contributed by atoms with van der Waals surface area (Å²) in [5, 5.41) is 7.55. The van der Waals surface area contributed by atoms with Crippen LogP contribution in [-0.2, 0) is 13.1 Å². The molecule has 0 aliphatic heterocycles. The highest BCUT2D eigenvalue weighted by molar-refractivity contribution is 5.17. The van der Waals surface area contributed by atoms with Crippen molar-refractivity contribution < 1.29 is 4.39 Å². The molecule has 0 radical (unpaired) electrons. The molecule has 3 nitrogen and oxygen atoms in total. The Labute approximate surface area is 107 Å². The third kappa shape index (κ3) is 2.76. The van der Waals surface area contributed by atoms with Gasteiger partial charge in [-0.2, -0.15) is 5.10 Å². The minimum atomic E-state index is -0.166. The molecule has 96 valence electrons. The number of aryl methyl sites for hydroxylation is 1. The monoisotopic (exact) mass is 247 g/mol. The van der Waals surface area contributed by atoms with Crippen LogP contribution in [0, 0.1) is 5.82 Å². The number of nitrogens with one attached hydrogen (secondary N) is 1. The Morgan fingerprint density at radius 1 is 1.33 bits per heavy atom. The number of benzene rings is 1. The van der Waals surface area contributed by atoms with Gasteiger partial charge in [-0.1, -0.05) is 18.2 Å². The SMILES string of the molecule is CCn1nccc1C(C)NCc1ccccc1F. The summed E-state index contributed by atoms with van der Waals surface area (Å²) in [6, 6.07) is 8.97. The van der Waals surface area contributed by atoms with E-state index in [0.29, 0.717) is 12.1 Å². The third-order valence-electron chi connectivity index (χ3n) is 3.05. The normalized spacial score (nSPS) is 12.6. The number of rotatable bonds is 5. The summed E-state index contributed by atoms with van der Waals surface area (Å²) >= 11 is 0. The molecular formula is C14H18FN3. The van der Waals surface area contributed by atoms with Crippen LogP contribution in [0.15, 0.2) is 36.5 Å². The second-order valence-corrected chi connectivity index (χ2v) is 4.27. The van der Waals surface area contributed by atoms with Gasteiger partial charge in [0.1, 0.15) is 5.82 Å².